The van der Waals surface area contributed by atoms with Gasteiger partial charge in [0.15, 0.2) is 0 Å². The number of carbonyl (C=O) groups is 1. The number of aromatic amines is 1. The summed E-state index contributed by atoms with van der Waals surface area (Å²) in [6.45, 7) is 6.58. The van der Waals surface area contributed by atoms with E-state index in [-0.39, 0.29) is 11.7 Å². The number of carbonyl (C=O) groups excluding carboxylic acids is 1. The van der Waals surface area contributed by atoms with Gasteiger partial charge < -0.3 is 19.5 Å². The normalized spacial score (nSPS) is 15.0. The van der Waals surface area contributed by atoms with Crippen LogP contribution >= 0.6 is 0 Å². The molecule has 0 bridgehead atoms. The minimum atomic E-state index is -0.751. The van der Waals surface area contributed by atoms with Crippen LogP contribution in [0.2, 0.25) is 0 Å². The Labute approximate surface area is 170 Å². The standard InChI is InChI=1S/C23H26FN3O2/c1-23(2,18-15-25-19-9-8-16(24)14-17(18)19)22(28)27-12-10-26(11-13-27)20-6-4-5-7-21(20)29-3/h4-9,14-15,25H,10-13H2,1-3H3. The Balaban J connectivity index is 1.52. The maximum atomic E-state index is 13.8. The number of methoxy groups -OCH3 is 1. The number of hydrogen-bond acceptors (Lipinski definition) is 3. The lowest BCUT2D eigenvalue weighted by Crippen LogP contribution is -2.53. The van der Waals surface area contributed by atoms with Gasteiger partial charge in [0.2, 0.25) is 5.91 Å². The van der Waals surface area contributed by atoms with Gasteiger partial charge in [-0.15, -0.1) is 0 Å². The van der Waals surface area contributed by atoms with Crippen molar-refractivity contribution >= 4 is 22.5 Å². The summed E-state index contributed by atoms with van der Waals surface area (Å²) in [4.78, 5) is 20.7. The number of ether oxygens (including phenoxy) is 1. The van der Waals surface area contributed by atoms with E-state index >= 15 is 0 Å². The number of benzene rings is 2. The summed E-state index contributed by atoms with van der Waals surface area (Å²) in [5.74, 6) is 0.600. The highest BCUT2D eigenvalue weighted by Gasteiger charge is 2.37. The van der Waals surface area contributed by atoms with E-state index in [1.54, 1.807) is 13.2 Å². The van der Waals surface area contributed by atoms with Crippen molar-refractivity contribution in [2.75, 3.05) is 38.2 Å². The first-order chi connectivity index (χ1) is 13.9. The molecular formula is C23H26FN3O2. The smallest absolute Gasteiger partial charge is 0.232 e. The molecule has 2 heterocycles. The summed E-state index contributed by atoms with van der Waals surface area (Å²) < 4.78 is 19.2. The summed E-state index contributed by atoms with van der Waals surface area (Å²) in [7, 11) is 1.67. The summed E-state index contributed by atoms with van der Waals surface area (Å²) in [5, 5.41) is 0.760. The topological polar surface area (TPSA) is 48.6 Å². The summed E-state index contributed by atoms with van der Waals surface area (Å²) in [6, 6.07) is 12.6. The van der Waals surface area contributed by atoms with Gasteiger partial charge in [0.05, 0.1) is 18.2 Å². The van der Waals surface area contributed by atoms with Gasteiger partial charge in [-0.2, -0.15) is 0 Å². The highest BCUT2D eigenvalue weighted by atomic mass is 19.1. The number of amides is 1. The maximum absolute atomic E-state index is 13.8. The molecule has 1 saturated heterocycles. The number of para-hydroxylation sites is 2. The highest BCUT2D eigenvalue weighted by Crippen LogP contribution is 2.34. The van der Waals surface area contributed by atoms with Crippen molar-refractivity contribution in [3.05, 3.63) is 60.0 Å². The first kappa shape index (κ1) is 19.3. The molecule has 0 radical (unpaired) electrons. The number of aromatic nitrogens is 1. The lowest BCUT2D eigenvalue weighted by atomic mass is 9.82. The average Bonchev–Trinajstić information content (AvgIpc) is 3.17. The molecule has 1 N–H and O–H groups in total. The van der Waals surface area contributed by atoms with Crippen LogP contribution in [0, 0.1) is 5.82 Å². The zero-order valence-corrected chi connectivity index (χ0v) is 17.0. The molecule has 6 heteroatoms. The maximum Gasteiger partial charge on any atom is 0.232 e. The van der Waals surface area contributed by atoms with E-state index in [9.17, 15) is 9.18 Å². The van der Waals surface area contributed by atoms with E-state index in [2.05, 4.69) is 9.88 Å². The first-order valence-corrected chi connectivity index (χ1v) is 9.86. The van der Waals surface area contributed by atoms with Crippen molar-refractivity contribution in [3.8, 4) is 5.75 Å². The number of rotatable bonds is 4. The van der Waals surface area contributed by atoms with Crippen molar-refractivity contribution in [2.45, 2.75) is 19.3 Å². The van der Waals surface area contributed by atoms with Crippen LogP contribution in [0.5, 0.6) is 5.75 Å². The molecule has 5 nitrogen and oxygen atoms in total. The Hall–Kier alpha value is -3.02. The third-order valence-corrected chi connectivity index (χ3v) is 5.84. The van der Waals surface area contributed by atoms with E-state index in [0.29, 0.717) is 13.1 Å². The van der Waals surface area contributed by atoms with Gasteiger partial charge in [-0.3, -0.25) is 4.79 Å². The van der Waals surface area contributed by atoms with E-state index in [1.165, 1.54) is 12.1 Å². The predicted octanol–water partition coefficient (Wildman–Crippen LogP) is 3.94. The summed E-state index contributed by atoms with van der Waals surface area (Å²) in [6.07, 6.45) is 1.83. The van der Waals surface area contributed by atoms with Crippen LogP contribution in [0.4, 0.5) is 10.1 Å². The van der Waals surface area contributed by atoms with Crippen LogP contribution < -0.4 is 9.64 Å². The Morgan fingerprint density at radius 3 is 2.55 bits per heavy atom. The zero-order chi connectivity index (χ0) is 20.6. The van der Waals surface area contributed by atoms with E-state index in [1.807, 2.05) is 49.2 Å². The molecule has 0 unspecified atom stereocenters. The van der Waals surface area contributed by atoms with Crippen LogP contribution in [-0.4, -0.2) is 49.1 Å². The van der Waals surface area contributed by atoms with Gasteiger partial charge in [0.1, 0.15) is 11.6 Å². The monoisotopic (exact) mass is 395 g/mol. The molecule has 4 rings (SSSR count). The molecule has 1 fully saturated rings. The van der Waals surface area contributed by atoms with Gasteiger partial charge in [-0.25, -0.2) is 4.39 Å². The fraction of sp³-hybridized carbons (Fsp3) is 0.348. The molecule has 29 heavy (non-hydrogen) atoms. The minimum Gasteiger partial charge on any atom is -0.495 e. The SMILES string of the molecule is COc1ccccc1N1CCN(C(=O)C(C)(C)c2c[nH]c3ccc(F)cc23)CC1. The van der Waals surface area contributed by atoms with Crippen LogP contribution in [0.1, 0.15) is 19.4 Å². The van der Waals surface area contributed by atoms with Gasteiger partial charge >= 0.3 is 0 Å². The summed E-state index contributed by atoms with van der Waals surface area (Å²) >= 11 is 0. The molecule has 152 valence electrons. The lowest BCUT2D eigenvalue weighted by Gasteiger charge is -2.39. The molecule has 3 aromatic rings. The zero-order valence-electron chi connectivity index (χ0n) is 17.0. The second kappa shape index (κ2) is 7.43. The molecule has 0 aliphatic carbocycles. The molecule has 1 aliphatic heterocycles. The number of fused-ring (bicyclic) bond motifs is 1. The fourth-order valence-electron chi connectivity index (χ4n) is 4.16. The quantitative estimate of drug-likeness (QED) is 0.728. The van der Waals surface area contributed by atoms with Crippen LogP contribution in [0.25, 0.3) is 10.9 Å². The number of piperazine rings is 1. The number of anilines is 1. The highest BCUT2D eigenvalue weighted by molar-refractivity contribution is 5.94. The molecule has 1 aliphatic rings. The largest absolute Gasteiger partial charge is 0.495 e. The summed E-state index contributed by atoms with van der Waals surface area (Å²) in [5.41, 5.74) is 1.96. The predicted molar refractivity (Wildman–Crippen MR) is 113 cm³/mol. The second-order valence-corrected chi connectivity index (χ2v) is 7.97. The second-order valence-electron chi connectivity index (χ2n) is 7.97. The Kier molecular flexibility index (Phi) is 4.94. The van der Waals surface area contributed by atoms with Crippen LogP contribution in [-0.2, 0) is 10.2 Å². The Morgan fingerprint density at radius 2 is 1.83 bits per heavy atom. The number of nitrogens with zero attached hydrogens (tertiary/aromatic N) is 2. The number of nitrogens with one attached hydrogen (secondary N) is 1. The van der Waals surface area contributed by atoms with Crippen molar-refractivity contribution in [2.24, 2.45) is 0 Å². The van der Waals surface area contributed by atoms with Crippen LogP contribution in [0.15, 0.2) is 48.7 Å². The van der Waals surface area contributed by atoms with Gasteiger partial charge in [0, 0.05) is 43.3 Å². The Morgan fingerprint density at radius 1 is 1.10 bits per heavy atom. The average molecular weight is 395 g/mol. The number of hydrogen-bond donors (Lipinski definition) is 1. The molecule has 0 atom stereocenters. The molecule has 0 saturated carbocycles. The van der Waals surface area contributed by atoms with E-state index in [0.717, 1.165) is 41.0 Å². The van der Waals surface area contributed by atoms with Crippen molar-refractivity contribution < 1.29 is 13.9 Å². The number of halogens is 1. The minimum absolute atomic E-state index is 0.0577. The van der Waals surface area contributed by atoms with Crippen LogP contribution in [0.3, 0.4) is 0 Å². The van der Waals surface area contributed by atoms with Gasteiger partial charge in [0.25, 0.3) is 0 Å². The third kappa shape index (κ3) is 3.43. The lowest BCUT2D eigenvalue weighted by molar-refractivity contribution is -0.136. The fourth-order valence-corrected chi connectivity index (χ4v) is 4.16. The molecule has 0 spiro atoms. The van der Waals surface area contributed by atoms with Crippen molar-refractivity contribution in [1.82, 2.24) is 9.88 Å². The van der Waals surface area contributed by atoms with E-state index < -0.39 is 5.41 Å². The molecular weight excluding hydrogens is 369 g/mol. The van der Waals surface area contributed by atoms with Crippen molar-refractivity contribution in [1.29, 1.82) is 0 Å². The molecule has 2 aromatic carbocycles. The Bertz CT molecular complexity index is 1040. The first-order valence-electron chi connectivity index (χ1n) is 9.86. The van der Waals surface area contributed by atoms with Gasteiger partial charge in [-0.1, -0.05) is 12.1 Å². The van der Waals surface area contributed by atoms with E-state index in [4.69, 9.17) is 4.74 Å². The molecule has 1 aromatic heterocycles. The van der Waals surface area contributed by atoms with Crippen molar-refractivity contribution in [3.63, 3.8) is 0 Å². The molecule has 1 amide bonds. The third-order valence-electron chi connectivity index (χ3n) is 5.84. The van der Waals surface area contributed by atoms with Gasteiger partial charge in [-0.05, 0) is 49.7 Å². The number of H-pyrrole nitrogens is 1.